The lowest BCUT2D eigenvalue weighted by atomic mass is 10.1. The Kier molecular flexibility index (Phi) is 7.33. The van der Waals surface area contributed by atoms with Gasteiger partial charge in [0.05, 0.1) is 0 Å². The van der Waals surface area contributed by atoms with Gasteiger partial charge in [0, 0.05) is 51.6 Å². The molecule has 0 atom stereocenters. The second-order valence-corrected chi connectivity index (χ2v) is 6.32. The minimum Gasteiger partial charge on any atom is -0.345 e. The van der Waals surface area contributed by atoms with Gasteiger partial charge in [0.15, 0.2) is 0 Å². The van der Waals surface area contributed by atoms with Gasteiger partial charge in [-0.05, 0) is 42.2 Å². The lowest BCUT2D eigenvalue weighted by Gasteiger charge is -2.25. The van der Waals surface area contributed by atoms with Crippen LogP contribution in [0.4, 0.5) is 5.69 Å². The summed E-state index contributed by atoms with van der Waals surface area (Å²) >= 11 is 0. The Hall–Kier alpha value is -2.69. The molecule has 0 aliphatic heterocycles. The number of aryl methyl sites for hydroxylation is 1. The molecule has 26 heavy (non-hydrogen) atoms. The van der Waals surface area contributed by atoms with Crippen LogP contribution in [0.15, 0.2) is 48.8 Å². The van der Waals surface area contributed by atoms with Crippen LogP contribution in [0.5, 0.6) is 0 Å². The molecule has 0 saturated carbocycles. The van der Waals surface area contributed by atoms with Gasteiger partial charge in [0.2, 0.25) is 11.8 Å². The van der Waals surface area contributed by atoms with E-state index in [9.17, 15) is 9.59 Å². The number of benzene rings is 1. The van der Waals surface area contributed by atoms with Crippen molar-refractivity contribution in [1.29, 1.82) is 0 Å². The van der Waals surface area contributed by atoms with E-state index in [1.807, 2.05) is 43.4 Å². The number of carbonyl (C=O) groups is 2. The largest absolute Gasteiger partial charge is 0.345 e. The molecule has 0 aliphatic rings. The Labute approximate surface area is 155 Å². The Morgan fingerprint density at radius 1 is 1.04 bits per heavy atom. The molecule has 5 heteroatoms. The smallest absolute Gasteiger partial charge is 0.224 e. The van der Waals surface area contributed by atoms with Crippen molar-refractivity contribution >= 4 is 17.5 Å². The Morgan fingerprint density at radius 2 is 1.73 bits per heavy atom. The van der Waals surface area contributed by atoms with Crippen molar-refractivity contribution in [2.75, 3.05) is 25.0 Å². The predicted molar refractivity (Wildman–Crippen MR) is 104 cm³/mol. The van der Waals surface area contributed by atoms with Crippen molar-refractivity contribution in [3.8, 4) is 0 Å². The third-order valence-corrected chi connectivity index (χ3v) is 4.50. The van der Waals surface area contributed by atoms with E-state index in [2.05, 4.69) is 11.9 Å². The van der Waals surface area contributed by atoms with Gasteiger partial charge in [-0.3, -0.25) is 14.6 Å². The van der Waals surface area contributed by atoms with Gasteiger partial charge < -0.3 is 9.80 Å². The number of hydrogen-bond acceptors (Lipinski definition) is 3. The van der Waals surface area contributed by atoms with Crippen LogP contribution in [0.2, 0.25) is 0 Å². The van der Waals surface area contributed by atoms with Crippen LogP contribution in [-0.4, -0.2) is 41.8 Å². The highest BCUT2D eigenvalue weighted by atomic mass is 16.2. The molecule has 0 spiro atoms. The second-order valence-electron chi connectivity index (χ2n) is 6.32. The van der Waals surface area contributed by atoms with Gasteiger partial charge in [-0.1, -0.05) is 25.1 Å². The number of amides is 2. The average Bonchev–Trinajstić information content (AvgIpc) is 2.67. The number of pyridine rings is 1. The summed E-state index contributed by atoms with van der Waals surface area (Å²) in [6.45, 7) is 4.65. The second kappa shape index (κ2) is 9.70. The van der Waals surface area contributed by atoms with E-state index in [-0.39, 0.29) is 11.8 Å². The summed E-state index contributed by atoms with van der Waals surface area (Å²) in [5.74, 6) is -0.00238. The summed E-state index contributed by atoms with van der Waals surface area (Å²) in [7, 11) is 1.81. The van der Waals surface area contributed by atoms with Crippen LogP contribution in [0.3, 0.4) is 0 Å². The molecule has 5 nitrogen and oxygen atoms in total. The Bertz CT molecular complexity index is 731. The lowest BCUT2D eigenvalue weighted by Crippen LogP contribution is -2.35. The summed E-state index contributed by atoms with van der Waals surface area (Å²) in [6.07, 6.45) is 5.46. The SMILES string of the molecule is CCc1ccccc1N(CCC(=O)N(C)CCc1ccncc1)C(C)=O. The summed E-state index contributed by atoms with van der Waals surface area (Å²) in [5.41, 5.74) is 3.16. The van der Waals surface area contributed by atoms with E-state index >= 15 is 0 Å². The first-order chi connectivity index (χ1) is 12.5. The third kappa shape index (κ3) is 5.41. The van der Waals surface area contributed by atoms with E-state index in [0.29, 0.717) is 19.5 Å². The van der Waals surface area contributed by atoms with Crippen molar-refractivity contribution < 1.29 is 9.59 Å². The molecule has 0 bridgehead atoms. The normalized spacial score (nSPS) is 10.4. The van der Waals surface area contributed by atoms with Gasteiger partial charge in [-0.2, -0.15) is 0 Å². The monoisotopic (exact) mass is 353 g/mol. The number of anilines is 1. The summed E-state index contributed by atoms with van der Waals surface area (Å²) < 4.78 is 0. The van der Waals surface area contributed by atoms with Crippen molar-refractivity contribution in [2.45, 2.75) is 33.1 Å². The average molecular weight is 353 g/mol. The van der Waals surface area contributed by atoms with Crippen molar-refractivity contribution in [2.24, 2.45) is 0 Å². The number of carbonyl (C=O) groups excluding carboxylic acids is 2. The molecule has 0 fully saturated rings. The van der Waals surface area contributed by atoms with Gasteiger partial charge in [-0.15, -0.1) is 0 Å². The first-order valence-electron chi connectivity index (χ1n) is 9.01. The van der Waals surface area contributed by atoms with Crippen LogP contribution in [-0.2, 0) is 22.4 Å². The molecule has 2 rings (SSSR count). The fourth-order valence-electron chi connectivity index (χ4n) is 2.89. The zero-order valence-corrected chi connectivity index (χ0v) is 15.8. The fraction of sp³-hybridized carbons (Fsp3) is 0.381. The molecule has 1 heterocycles. The van der Waals surface area contributed by atoms with Crippen LogP contribution in [0.25, 0.3) is 0 Å². The number of hydrogen-bond donors (Lipinski definition) is 0. The van der Waals surface area contributed by atoms with E-state index in [0.717, 1.165) is 29.7 Å². The highest BCUT2D eigenvalue weighted by Crippen LogP contribution is 2.21. The molecule has 0 N–H and O–H groups in total. The first-order valence-corrected chi connectivity index (χ1v) is 9.01. The maximum Gasteiger partial charge on any atom is 0.224 e. The van der Waals surface area contributed by atoms with Gasteiger partial charge in [-0.25, -0.2) is 0 Å². The maximum atomic E-state index is 12.5. The Morgan fingerprint density at radius 3 is 2.38 bits per heavy atom. The van der Waals surface area contributed by atoms with Crippen LogP contribution in [0, 0.1) is 0 Å². The van der Waals surface area contributed by atoms with Gasteiger partial charge in [0.25, 0.3) is 0 Å². The summed E-state index contributed by atoms with van der Waals surface area (Å²) in [5, 5.41) is 0. The quantitative estimate of drug-likeness (QED) is 0.733. The molecule has 0 saturated heterocycles. The molecule has 1 aromatic carbocycles. The van der Waals surface area contributed by atoms with E-state index in [1.54, 1.807) is 29.1 Å². The molecular weight excluding hydrogens is 326 g/mol. The molecule has 0 radical (unpaired) electrons. The van der Waals surface area contributed by atoms with Crippen LogP contribution >= 0.6 is 0 Å². The summed E-state index contributed by atoms with van der Waals surface area (Å²) in [6, 6.07) is 11.8. The third-order valence-electron chi connectivity index (χ3n) is 4.50. The fourth-order valence-corrected chi connectivity index (χ4v) is 2.89. The molecule has 1 aromatic heterocycles. The number of nitrogens with zero attached hydrogens (tertiary/aromatic N) is 3. The number of likely N-dealkylation sites (N-methyl/N-ethyl adjacent to an activating group) is 1. The zero-order chi connectivity index (χ0) is 18.9. The molecular formula is C21H27N3O2. The number of aromatic nitrogens is 1. The van der Waals surface area contributed by atoms with E-state index < -0.39 is 0 Å². The van der Waals surface area contributed by atoms with Crippen molar-refractivity contribution in [3.63, 3.8) is 0 Å². The Balaban J connectivity index is 1.93. The summed E-state index contributed by atoms with van der Waals surface area (Å²) in [4.78, 5) is 32.0. The zero-order valence-electron chi connectivity index (χ0n) is 15.8. The standard InChI is InChI=1S/C21H27N3O2/c1-4-19-7-5-6-8-20(19)24(17(2)25)16-12-21(26)23(3)15-11-18-9-13-22-14-10-18/h5-10,13-14H,4,11-12,15-16H2,1-3H3. The van der Waals surface area contributed by atoms with Crippen LogP contribution in [0.1, 0.15) is 31.4 Å². The van der Waals surface area contributed by atoms with Gasteiger partial charge in [0.1, 0.15) is 0 Å². The van der Waals surface area contributed by atoms with E-state index in [4.69, 9.17) is 0 Å². The highest BCUT2D eigenvalue weighted by Gasteiger charge is 2.17. The minimum atomic E-state index is -0.0434. The molecule has 138 valence electrons. The predicted octanol–water partition coefficient (Wildman–Crippen LogP) is 3.09. The van der Waals surface area contributed by atoms with Gasteiger partial charge >= 0.3 is 0 Å². The van der Waals surface area contributed by atoms with Crippen LogP contribution < -0.4 is 4.90 Å². The molecule has 0 aliphatic carbocycles. The highest BCUT2D eigenvalue weighted by molar-refractivity contribution is 5.93. The lowest BCUT2D eigenvalue weighted by molar-refractivity contribution is -0.129. The molecule has 2 aromatic rings. The molecule has 2 amide bonds. The minimum absolute atomic E-state index is 0.0410. The number of rotatable bonds is 8. The van der Waals surface area contributed by atoms with Crippen molar-refractivity contribution in [3.05, 3.63) is 59.9 Å². The topological polar surface area (TPSA) is 53.5 Å². The maximum absolute atomic E-state index is 12.5. The van der Waals surface area contributed by atoms with Crippen molar-refractivity contribution in [1.82, 2.24) is 9.88 Å². The number of para-hydroxylation sites is 1. The first kappa shape index (κ1) is 19.6. The van der Waals surface area contributed by atoms with E-state index in [1.165, 1.54) is 0 Å². The molecule has 0 unspecified atom stereocenters.